The predicted molar refractivity (Wildman–Crippen MR) is 294 cm³/mol. The number of halogens is 11. The third kappa shape index (κ3) is 21.7. The van der Waals surface area contributed by atoms with Crippen LogP contribution in [0.3, 0.4) is 0 Å². The van der Waals surface area contributed by atoms with Crippen molar-refractivity contribution in [3.05, 3.63) is 137 Å². The second-order valence-corrected chi connectivity index (χ2v) is 20.6. The van der Waals surface area contributed by atoms with E-state index in [-0.39, 0.29) is 29.4 Å². The molecular formula is C54H57Cl5F6N6O10. The fraction of sp³-hybridized carbons (Fsp3) is 0.407. The van der Waals surface area contributed by atoms with Gasteiger partial charge in [-0.1, -0.05) is 68.8 Å². The summed E-state index contributed by atoms with van der Waals surface area (Å²) in [6, 6.07) is 20.0. The fourth-order valence-corrected chi connectivity index (χ4v) is 8.80. The van der Waals surface area contributed by atoms with Crippen molar-refractivity contribution in [2.75, 3.05) is 52.6 Å². The normalized spacial score (nSPS) is 16.5. The first-order valence-corrected chi connectivity index (χ1v) is 26.5. The highest BCUT2D eigenvalue weighted by Crippen LogP contribution is 2.40. The second kappa shape index (κ2) is 30.3. The lowest BCUT2D eigenvalue weighted by Crippen LogP contribution is -2.46. The molecular weight excluding hydrogens is 1180 g/mol. The summed E-state index contributed by atoms with van der Waals surface area (Å²) in [5.74, 6) is -4.22. The Balaban J connectivity index is 0.000000311. The van der Waals surface area contributed by atoms with Crippen molar-refractivity contribution in [2.45, 2.75) is 90.8 Å². The lowest BCUT2D eigenvalue weighted by molar-refractivity contribution is -0.141. The lowest BCUT2D eigenvalue weighted by atomic mass is 9.88. The standard InChI is InChI=1S/C27H28Cl2F3N3O5.C22H20Cl2F3N3O3.C5H9ClO2/c1-4-39-8-7-24(37)35(14-23(36)33-15-27(30,31)32)25(38)21-6-5-17(9-16(21)2)22-13-26(3,40-34-22)18-10-19(28)12-20(29)11-18;1-12-5-13(3-4-17(12)20(32)28-10-19(31)29-11-22(25,26)27)18-9-21(2,33-30-18)14-6-15(23)8-16(24)7-14;1-2-8-4-3-5(6)7/h5-6,9-12H,4,7-8,13-15H2,1-3H3,(H,33,36);3-8H,9-11H2,1-2H3,(H,28,32)(H,29,31);2-4H2,1H3. The number of alkyl halides is 6. The van der Waals surface area contributed by atoms with Crippen LogP contribution in [0.15, 0.2) is 83.1 Å². The predicted octanol–water partition coefficient (Wildman–Crippen LogP) is 11.3. The number of carbonyl (C=O) groups is 6. The van der Waals surface area contributed by atoms with E-state index < -0.39 is 79.3 Å². The lowest BCUT2D eigenvalue weighted by Gasteiger charge is -2.23. The van der Waals surface area contributed by atoms with Gasteiger partial charge < -0.3 is 35.1 Å². The van der Waals surface area contributed by atoms with E-state index in [9.17, 15) is 55.1 Å². The molecule has 16 nitrogen and oxygen atoms in total. The number of carbonyl (C=O) groups excluding carboxylic acids is 6. The summed E-state index contributed by atoms with van der Waals surface area (Å²) in [5, 5.41) is 15.6. The van der Waals surface area contributed by atoms with Gasteiger partial charge in [0.2, 0.25) is 23.0 Å². The topological polar surface area (TPSA) is 203 Å². The van der Waals surface area contributed by atoms with Crippen LogP contribution >= 0.6 is 58.0 Å². The highest BCUT2D eigenvalue weighted by Gasteiger charge is 2.39. The fourth-order valence-electron chi connectivity index (χ4n) is 7.67. The Morgan fingerprint density at radius 3 is 1.44 bits per heavy atom. The van der Waals surface area contributed by atoms with Crippen molar-refractivity contribution in [3.8, 4) is 0 Å². The number of rotatable bonds is 20. The van der Waals surface area contributed by atoms with E-state index in [1.54, 1.807) is 98.1 Å². The molecule has 2 unspecified atom stereocenters. The average Bonchev–Trinajstić information content (AvgIpc) is 4.25. The van der Waals surface area contributed by atoms with Crippen LogP contribution in [0.4, 0.5) is 26.3 Å². The van der Waals surface area contributed by atoms with Crippen LogP contribution in [-0.4, -0.2) is 116 Å². The number of amides is 5. The molecule has 4 aromatic carbocycles. The minimum atomic E-state index is -4.64. The Bertz CT molecular complexity index is 2960. The third-order valence-corrected chi connectivity index (χ3v) is 12.9. The summed E-state index contributed by atoms with van der Waals surface area (Å²) in [6.45, 7) is 7.54. The van der Waals surface area contributed by atoms with Crippen LogP contribution in [0.25, 0.3) is 0 Å². The molecule has 0 aromatic heterocycles. The number of imide groups is 1. The van der Waals surface area contributed by atoms with Crippen LogP contribution in [0.5, 0.6) is 0 Å². The first-order chi connectivity index (χ1) is 37.8. The van der Waals surface area contributed by atoms with Crippen LogP contribution in [0, 0.1) is 13.8 Å². The number of ether oxygens (including phenoxy) is 2. The molecule has 0 fully saturated rings. The Labute approximate surface area is 488 Å². The third-order valence-electron chi connectivity index (χ3n) is 11.8. The van der Waals surface area contributed by atoms with E-state index in [1.165, 1.54) is 6.07 Å². The SMILES string of the molecule is CCOCCC(=O)Cl.CCOCCC(=O)N(CC(=O)NCC(F)(F)F)C(=O)c1ccc(C2=NOC(C)(c3cc(Cl)cc(Cl)c3)C2)cc1C.Cc1cc(C2=NOC(C)(c3cc(Cl)cc(Cl)c3)C2)ccc1C(=O)NCC(=O)NCC(F)(F)F. The zero-order valence-corrected chi connectivity index (χ0v) is 48.3. The van der Waals surface area contributed by atoms with E-state index in [4.69, 9.17) is 77.2 Å². The quantitative estimate of drug-likeness (QED) is 0.0434. The molecule has 2 atom stereocenters. The molecule has 0 saturated heterocycles. The first kappa shape index (κ1) is 67.5. The van der Waals surface area contributed by atoms with Crippen LogP contribution < -0.4 is 16.0 Å². The molecule has 5 amide bonds. The molecule has 4 aromatic rings. The molecule has 6 rings (SSSR count). The van der Waals surface area contributed by atoms with E-state index in [0.717, 1.165) is 16.7 Å². The van der Waals surface area contributed by atoms with Gasteiger partial charge in [0.05, 0.1) is 37.6 Å². The van der Waals surface area contributed by atoms with Crippen molar-refractivity contribution in [3.63, 3.8) is 0 Å². The van der Waals surface area contributed by atoms with Gasteiger partial charge in [-0.2, -0.15) is 26.3 Å². The van der Waals surface area contributed by atoms with Gasteiger partial charge in [-0.05, 0) is 136 Å². The van der Waals surface area contributed by atoms with Crippen molar-refractivity contribution in [1.82, 2.24) is 20.9 Å². The summed E-state index contributed by atoms with van der Waals surface area (Å²) in [4.78, 5) is 84.2. The number of oxime groups is 2. The van der Waals surface area contributed by atoms with Gasteiger partial charge in [-0.25, -0.2) is 0 Å². The molecule has 0 aliphatic carbocycles. The minimum absolute atomic E-state index is 0.0162. The molecule has 0 spiro atoms. The Hall–Kier alpha value is -6.01. The summed E-state index contributed by atoms with van der Waals surface area (Å²) >= 11 is 29.5. The van der Waals surface area contributed by atoms with Crippen LogP contribution in [-0.2, 0) is 49.5 Å². The maximum atomic E-state index is 13.3. The molecule has 27 heteroatoms. The molecule has 0 radical (unpaired) electrons. The largest absolute Gasteiger partial charge is 0.405 e. The summed E-state index contributed by atoms with van der Waals surface area (Å²) in [7, 11) is 0. The smallest absolute Gasteiger partial charge is 0.384 e. The molecule has 81 heavy (non-hydrogen) atoms. The number of hydrogen-bond acceptors (Lipinski definition) is 12. The minimum Gasteiger partial charge on any atom is -0.384 e. The van der Waals surface area contributed by atoms with E-state index in [2.05, 4.69) is 15.6 Å². The van der Waals surface area contributed by atoms with Gasteiger partial charge >= 0.3 is 12.4 Å². The van der Waals surface area contributed by atoms with Crippen molar-refractivity contribution < 1.29 is 74.3 Å². The number of nitrogens with zero attached hydrogens (tertiary/aromatic N) is 3. The number of aryl methyl sites for hydroxylation is 2. The van der Waals surface area contributed by atoms with E-state index in [1.807, 2.05) is 20.8 Å². The zero-order chi connectivity index (χ0) is 60.5. The summed E-state index contributed by atoms with van der Waals surface area (Å²) in [5.41, 5.74) is 4.00. The highest BCUT2D eigenvalue weighted by molar-refractivity contribution is 6.63. The maximum absolute atomic E-state index is 13.3. The van der Waals surface area contributed by atoms with Crippen molar-refractivity contribution >= 4 is 104 Å². The summed E-state index contributed by atoms with van der Waals surface area (Å²) in [6.07, 6.45) is -8.27. The van der Waals surface area contributed by atoms with E-state index >= 15 is 0 Å². The van der Waals surface area contributed by atoms with Gasteiger partial charge in [0.25, 0.3) is 11.8 Å². The van der Waals surface area contributed by atoms with E-state index in [0.29, 0.717) is 92.2 Å². The zero-order valence-electron chi connectivity index (χ0n) is 44.5. The van der Waals surface area contributed by atoms with Crippen LogP contribution in [0.2, 0.25) is 20.1 Å². The van der Waals surface area contributed by atoms with Gasteiger partial charge in [-0.3, -0.25) is 33.7 Å². The average molecular weight is 1240 g/mol. The van der Waals surface area contributed by atoms with Crippen molar-refractivity contribution in [1.29, 1.82) is 0 Å². The molecule has 2 aliphatic heterocycles. The molecule has 3 N–H and O–H groups in total. The molecule has 0 saturated carbocycles. The highest BCUT2D eigenvalue weighted by atomic mass is 35.5. The summed E-state index contributed by atoms with van der Waals surface area (Å²) < 4.78 is 84.0. The second-order valence-electron chi connectivity index (χ2n) is 18.4. The number of nitrogens with one attached hydrogen (secondary N) is 3. The Morgan fingerprint density at radius 2 is 1.04 bits per heavy atom. The van der Waals surface area contributed by atoms with Gasteiger partial charge in [-0.15, -0.1) is 0 Å². The molecule has 0 bridgehead atoms. The molecule has 2 aliphatic rings. The number of hydrogen-bond donors (Lipinski definition) is 3. The number of benzene rings is 4. The van der Waals surface area contributed by atoms with Gasteiger partial charge in [0.15, 0.2) is 11.2 Å². The monoisotopic (exact) mass is 1240 g/mol. The Kier molecular flexibility index (Phi) is 25.3. The first-order valence-electron chi connectivity index (χ1n) is 24.6. The molecule has 440 valence electrons. The molecule has 2 heterocycles. The van der Waals surface area contributed by atoms with Gasteiger partial charge in [0, 0.05) is 74.8 Å². The van der Waals surface area contributed by atoms with Gasteiger partial charge in [0.1, 0.15) is 19.6 Å². The maximum Gasteiger partial charge on any atom is 0.405 e. The van der Waals surface area contributed by atoms with Crippen LogP contribution in [0.1, 0.15) is 107 Å². The Morgan fingerprint density at radius 1 is 0.617 bits per heavy atom. The van der Waals surface area contributed by atoms with Crippen molar-refractivity contribution in [2.24, 2.45) is 10.3 Å².